The lowest BCUT2D eigenvalue weighted by Gasteiger charge is -2.38. The Balaban J connectivity index is 2.82. The summed E-state index contributed by atoms with van der Waals surface area (Å²) in [4.78, 5) is 0. The molecule has 0 amide bonds. The van der Waals surface area contributed by atoms with E-state index >= 15 is 0 Å². The van der Waals surface area contributed by atoms with Crippen LogP contribution in [0.5, 0.6) is 0 Å². The maximum atomic E-state index is 12.7. The monoisotopic (exact) mass is 259 g/mol. The molecule has 0 spiro atoms. The zero-order valence-electron chi connectivity index (χ0n) is 10.3. The van der Waals surface area contributed by atoms with Crippen LogP contribution in [-0.4, -0.2) is 18.5 Å². The Morgan fingerprint density at radius 2 is 1.59 bits per heavy atom. The van der Waals surface area contributed by atoms with Gasteiger partial charge in [0, 0.05) is 0 Å². The number of hydrogen-bond acceptors (Lipinski definition) is 4. The molecule has 1 fully saturated rings. The van der Waals surface area contributed by atoms with Crippen LogP contribution >= 0.6 is 7.60 Å². The Morgan fingerprint density at radius 1 is 1.12 bits per heavy atom. The minimum atomic E-state index is -3.30. The molecule has 0 aromatic rings. The molecule has 2 N–H and O–H groups in total. The maximum absolute atomic E-state index is 12.7. The van der Waals surface area contributed by atoms with Crippen LogP contribution in [0, 0.1) is 0 Å². The van der Waals surface area contributed by atoms with Gasteiger partial charge in [0.15, 0.2) is 0 Å². The number of nitrogens with two attached hydrogens (primary N) is 1. The summed E-state index contributed by atoms with van der Waals surface area (Å²) in [5.74, 6) is 0. The predicted molar refractivity (Wildman–Crippen MR) is 69.9 cm³/mol. The molecule has 0 bridgehead atoms. The van der Waals surface area contributed by atoms with Crippen molar-refractivity contribution in [2.24, 2.45) is 5.73 Å². The van der Waals surface area contributed by atoms with Crippen LogP contribution < -0.4 is 5.73 Å². The molecule has 1 saturated carbocycles. The Morgan fingerprint density at radius 3 is 2.00 bits per heavy atom. The Kier molecular flexibility index (Phi) is 5.60. The summed E-state index contributed by atoms with van der Waals surface area (Å²) in [5, 5.41) is -0.850. The molecule has 5 heteroatoms. The molecule has 4 nitrogen and oxygen atoms in total. The first-order valence-electron chi connectivity index (χ1n) is 5.98. The van der Waals surface area contributed by atoms with E-state index in [4.69, 9.17) is 14.8 Å². The first kappa shape index (κ1) is 14.7. The minimum Gasteiger partial charge on any atom is -0.315 e. The van der Waals surface area contributed by atoms with Crippen molar-refractivity contribution in [3.8, 4) is 0 Å². The quantitative estimate of drug-likeness (QED) is 0.563. The smallest absolute Gasteiger partial charge is 0.315 e. The SMILES string of the molecule is C=CCOP(=O)(OCC=C)C1(N)CCCCC1. The largest absolute Gasteiger partial charge is 0.350 e. The standard InChI is InChI=1S/C12H22NO3P/c1-3-10-15-17(14,16-11-4-2)12(13)8-6-5-7-9-12/h3-4H,1-2,5-11,13H2. The average molecular weight is 259 g/mol. The fourth-order valence-corrected chi connectivity index (χ4v) is 4.09. The van der Waals surface area contributed by atoms with Gasteiger partial charge in [0.1, 0.15) is 5.28 Å². The second kappa shape index (κ2) is 6.50. The molecule has 17 heavy (non-hydrogen) atoms. The topological polar surface area (TPSA) is 61.5 Å². The molecule has 1 aliphatic rings. The van der Waals surface area contributed by atoms with Gasteiger partial charge in [0.05, 0.1) is 13.2 Å². The summed E-state index contributed by atoms with van der Waals surface area (Å²) in [7, 11) is -3.30. The zero-order chi connectivity index (χ0) is 12.8. The van der Waals surface area contributed by atoms with E-state index in [9.17, 15) is 4.57 Å². The summed E-state index contributed by atoms with van der Waals surface area (Å²) in [5.41, 5.74) is 6.24. The van der Waals surface area contributed by atoms with E-state index in [0.717, 1.165) is 19.3 Å². The van der Waals surface area contributed by atoms with Crippen LogP contribution in [0.25, 0.3) is 0 Å². The third-order valence-corrected chi connectivity index (χ3v) is 5.51. The Hall–Kier alpha value is -0.410. The molecular formula is C12H22NO3P. The van der Waals surface area contributed by atoms with E-state index in [2.05, 4.69) is 13.2 Å². The molecular weight excluding hydrogens is 237 g/mol. The van der Waals surface area contributed by atoms with Crippen LogP contribution in [0.1, 0.15) is 32.1 Å². The third kappa shape index (κ3) is 3.52. The van der Waals surface area contributed by atoms with Gasteiger partial charge >= 0.3 is 7.60 Å². The van der Waals surface area contributed by atoms with Crippen molar-refractivity contribution in [1.29, 1.82) is 0 Å². The van der Waals surface area contributed by atoms with Crippen LogP contribution in [-0.2, 0) is 13.6 Å². The van der Waals surface area contributed by atoms with E-state index in [1.165, 1.54) is 0 Å². The summed E-state index contributed by atoms with van der Waals surface area (Å²) >= 11 is 0. The lowest BCUT2D eigenvalue weighted by molar-refractivity contribution is 0.195. The van der Waals surface area contributed by atoms with Gasteiger partial charge < -0.3 is 14.8 Å². The van der Waals surface area contributed by atoms with E-state index < -0.39 is 12.9 Å². The van der Waals surface area contributed by atoms with Gasteiger partial charge in [-0.05, 0) is 12.8 Å². The first-order chi connectivity index (χ1) is 8.08. The summed E-state index contributed by atoms with van der Waals surface area (Å²) in [6.07, 6.45) is 7.52. The van der Waals surface area contributed by atoms with E-state index in [0.29, 0.717) is 12.8 Å². The first-order valence-corrected chi connectivity index (χ1v) is 7.52. The molecule has 98 valence electrons. The van der Waals surface area contributed by atoms with Gasteiger partial charge in [-0.1, -0.05) is 31.4 Å². The van der Waals surface area contributed by atoms with Gasteiger partial charge in [-0.25, -0.2) is 0 Å². The van der Waals surface area contributed by atoms with Crippen LogP contribution in [0.15, 0.2) is 25.3 Å². The Bertz CT molecular complexity index is 295. The minimum absolute atomic E-state index is 0.188. The average Bonchev–Trinajstić information content (AvgIpc) is 2.34. The second-order valence-corrected chi connectivity index (χ2v) is 6.73. The molecule has 0 heterocycles. The normalized spacial score (nSPS) is 19.8. The molecule has 0 saturated heterocycles. The molecule has 0 atom stereocenters. The molecule has 0 radical (unpaired) electrons. The summed E-state index contributed by atoms with van der Waals surface area (Å²) in [6.45, 7) is 7.47. The van der Waals surface area contributed by atoms with Gasteiger partial charge in [-0.2, -0.15) is 0 Å². The lowest BCUT2D eigenvalue weighted by Crippen LogP contribution is -2.42. The highest BCUT2D eigenvalue weighted by Gasteiger charge is 2.48. The van der Waals surface area contributed by atoms with Crippen molar-refractivity contribution in [3.63, 3.8) is 0 Å². The van der Waals surface area contributed by atoms with Gasteiger partial charge in [0.2, 0.25) is 0 Å². The summed E-state index contributed by atoms with van der Waals surface area (Å²) in [6, 6.07) is 0. The van der Waals surface area contributed by atoms with Crippen LogP contribution in [0.2, 0.25) is 0 Å². The Labute approximate surface area is 103 Å². The highest BCUT2D eigenvalue weighted by molar-refractivity contribution is 7.55. The second-order valence-electron chi connectivity index (χ2n) is 4.33. The van der Waals surface area contributed by atoms with Crippen LogP contribution in [0.4, 0.5) is 0 Å². The molecule has 0 aromatic carbocycles. The van der Waals surface area contributed by atoms with Crippen molar-refractivity contribution in [2.45, 2.75) is 37.4 Å². The van der Waals surface area contributed by atoms with Crippen LogP contribution in [0.3, 0.4) is 0 Å². The molecule has 0 aromatic heterocycles. The van der Waals surface area contributed by atoms with E-state index in [-0.39, 0.29) is 13.2 Å². The third-order valence-electron chi connectivity index (χ3n) is 2.99. The number of hydrogen-bond donors (Lipinski definition) is 1. The van der Waals surface area contributed by atoms with Gasteiger partial charge in [0.25, 0.3) is 0 Å². The van der Waals surface area contributed by atoms with Gasteiger partial charge in [-0.3, -0.25) is 4.57 Å². The maximum Gasteiger partial charge on any atom is 0.350 e. The molecule has 0 aliphatic heterocycles. The fraction of sp³-hybridized carbons (Fsp3) is 0.667. The fourth-order valence-electron chi connectivity index (χ4n) is 2.03. The highest BCUT2D eigenvalue weighted by atomic mass is 31.2. The molecule has 0 unspecified atom stereocenters. The number of rotatable bonds is 7. The lowest BCUT2D eigenvalue weighted by atomic mass is 9.96. The van der Waals surface area contributed by atoms with Gasteiger partial charge in [-0.15, -0.1) is 13.2 Å². The van der Waals surface area contributed by atoms with Crippen molar-refractivity contribution >= 4 is 7.60 Å². The zero-order valence-corrected chi connectivity index (χ0v) is 11.2. The predicted octanol–water partition coefficient (Wildman–Crippen LogP) is 3.20. The molecule has 1 rings (SSSR count). The van der Waals surface area contributed by atoms with Crippen molar-refractivity contribution in [2.75, 3.05) is 13.2 Å². The van der Waals surface area contributed by atoms with Crippen molar-refractivity contribution in [3.05, 3.63) is 25.3 Å². The van der Waals surface area contributed by atoms with Crippen molar-refractivity contribution < 1.29 is 13.6 Å². The summed E-state index contributed by atoms with van der Waals surface area (Å²) < 4.78 is 23.5. The van der Waals surface area contributed by atoms with Crippen molar-refractivity contribution in [1.82, 2.24) is 0 Å². The van der Waals surface area contributed by atoms with E-state index in [1.807, 2.05) is 0 Å². The molecule has 1 aliphatic carbocycles. The highest BCUT2D eigenvalue weighted by Crippen LogP contribution is 2.62. The van der Waals surface area contributed by atoms with E-state index in [1.54, 1.807) is 12.2 Å².